The van der Waals surface area contributed by atoms with Gasteiger partial charge in [-0.05, 0) is 0 Å². The van der Waals surface area contributed by atoms with Gasteiger partial charge in [-0.1, -0.05) is 19.2 Å². The zero-order valence-corrected chi connectivity index (χ0v) is 13.5. The second kappa shape index (κ2) is 8.49. The summed E-state index contributed by atoms with van der Waals surface area (Å²) >= 11 is 0. The van der Waals surface area contributed by atoms with E-state index in [-0.39, 0.29) is 6.54 Å². The van der Waals surface area contributed by atoms with Crippen molar-refractivity contribution in [3.05, 3.63) is 36.6 Å². The van der Waals surface area contributed by atoms with Crippen molar-refractivity contribution in [3.8, 4) is 0 Å². The van der Waals surface area contributed by atoms with Gasteiger partial charge in [0.1, 0.15) is 11.5 Å². The van der Waals surface area contributed by atoms with Crippen molar-refractivity contribution in [3.63, 3.8) is 0 Å². The number of hydrogen-bond donors (Lipinski definition) is 2. The molecule has 0 aromatic carbocycles. The Morgan fingerprint density at radius 3 is 1.77 bits per heavy atom. The van der Waals surface area contributed by atoms with Crippen LogP contribution in [-0.4, -0.2) is 52.7 Å². The summed E-state index contributed by atoms with van der Waals surface area (Å²) in [5, 5.41) is 5.94. The van der Waals surface area contributed by atoms with E-state index in [1.807, 2.05) is 0 Å². The summed E-state index contributed by atoms with van der Waals surface area (Å²) in [4.78, 5) is 22.9. The highest BCUT2D eigenvalue weighted by Crippen LogP contribution is 1.93. The maximum Gasteiger partial charge on any atom is 0.236 e. The van der Waals surface area contributed by atoms with E-state index < -0.39 is 49.0 Å². The number of carbonyl (C=O) groups excluding carboxylic acids is 2. The molecule has 0 aromatic rings. The second-order valence-electron chi connectivity index (χ2n) is 4.16. The largest absolute Gasteiger partial charge is 0.353 e. The van der Waals surface area contributed by atoms with Crippen LogP contribution in [0.15, 0.2) is 36.6 Å². The van der Waals surface area contributed by atoms with Gasteiger partial charge < -0.3 is 10.6 Å². The average Bonchev–Trinajstić information content (AvgIpc) is 2.42. The summed E-state index contributed by atoms with van der Waals surface area (Å²) in [6, 6.07) is -0.747. The molecule has 0 saturated carbocycles. The minimum absolute atomic E-state index is 0.130. The number of amides is 2. The van der Waals surface area contributed by atoms with Crippen molar-refractivity contribution in [1.82, 2.24) is 10.6 Å². The molecule has 0 aliphatic carbocycles. The van der Waals surface area contributed by atoms with Gasteiger partial charge in [0.25, 0.3) is 0 Å². The van der Waals surface area contributed by atoms with E-state index in [1.54, 1.807) is 0 Å². The molecule has 0 heterocycles. The number of hydrogen-bond acceptors (Lipinski definition) is 6. The van der Waals surface area contributed by atoms with Gasteiger partial charge in [0, 0.05) is 17.4 Å². The van der Waals surface area contributed by atoms with E-state index in [0.29, 0.717) is 10.8 Å². The fourth-order valence-electron chi connectivity index (χ4n) is 1.20. The van der Waals surface area contributed by atoms with Crippen LogP contribution in [0, 0.1) is 0 Å². The van der Waals surface area contributed by atoms with Crippen molar-refractivity contribution in [1.29, 1.82) is 0 Å². The molecule has 0 saturated heterocycles. The fraction of sp³-hybridized carbons (Fsp3) is 0.333. The molecule has 0 aliphatic heterocycles. The molecule has 0 spiro atoms. The molecule has 2 N–H and O–H groups in total. The molecule has 0 aliphatic rings. The maximum absolute atomic E-state index is 11.5. The Balaban J connectivity index is 4.48. The molecule has 10 heteroatoms. The van der Waals surface area contributed by atoms with Crippen molar-refractivity contribution in [2.45, 2.75) is 6.04 Å². The molecular weight excluding hydrogens is 332 g/mol. The normalized spacial score (nSPS) is 12.7. The third kappa shape index (κ3) is 8.37. The Morgan fingerprint density at radius 1 is 0.909 bits per heavy atom. The predicted octanol–water partition coefficient (Wildman–Crippen LogP) is -1.11. The van der Waals surface area contributed by atoms with Gasteiger partial charge >= 0.3 is 0 Å². The summed E-state index contributed by atoms with van der Waals surface area (Å²) in [5.74, 6) is -3.11. The fourth-order valence-corrected chi connectivity index (χ4v) is 2.35. The molecule has 0 bridgehead atoms. The number of carbonyl (C=O) groups is 2. The minimum Gasteiger partial charge on any atom is -0.353 e. The van der Waals surface area contributed by atoms with Gasteiger partial charge in [0.2, 0.25) is 11.8 Å². The van der Waals surface area contributed by atoms with E-state index >= 15 is 0 Å². The Bertz CT molecular complexity index is 664. The highest BCUT2D eigenvalue weighted by atomic mass is 32.2. The monoisotopic (exact) mass is 350 g/mol. The van der Waals surface area contributed by atoms with Crippen LogP contribution in [-0.2, 0) is 29.3 Å². The first-order chi connectivity index (χ1) is 10.0. The molecule has 22 heavy (non-hydrogen) atoms. The molecule has 2 amide bonds. The Hall–Kier alpha value is -1.94. The molecule has 1 unspecified atom stereocenters. The summed E-state index contributed by atoms with van der Waals surface area (Å²) in [6.07, 6.45) is 1.28. The summed E-state index contributed by atoms with van der Waals surface area (Å²) in [5.41, 5.74) is 0. The van der Waals surface area contributed by atoms with Gasteiger partial charge in [0.05, 0.1) is 6.04 Å². The van der Waals surface area contributed by atoms with Gasteiger partial charge in [0.15, 0.2) is 19.7 Å². The first kappa shape index (κ1) is 20.1. The van der Waals surface area contributed by atoms with Gasteiger partial charge in [-0.3, -0.25) is 9.59 Å². The molecular formula is C12H18N2O6S2. The average molecular weight is 350 g/mol. The van der Waals surface area contributed by atoms with Crippen molar-refractivity contribution < 1.29 is 26.4 Å². The van der Waals surface area contributed by atoms with Crippen LogP contribution in [0.5, 0.6) is 0 Å². The predicted molar refractivity (Wildman–Crippen MR) is 83.1 cm³/mol. The van der Waals surface area contributed by atoms with Crippen LogP contribution in [0.25, 0.3) is 0 Å². The lowest BCUT2D eigenvalue weighted by molar-refractivity contribution is -0.120. The van der Waals surface area contributed by atoms with E-state index in [2.05, 4.69) is 30.4 Å². The zero-order chi connectivity index (χ0) is 17.4. The quantitative estimate of drug-likeness (QED) is 0.481. The van der Waals surface area contributed by atoms with E-state index in [0.717, 1.165) is 0 Å². The van der Waals surface area contributed by atoms with Crippen LogP contribution in [0.4, 0.5) is 0 Å². The van der Waals surface area contributed by atoms with Gasteiger partial charge in [-0.15, -0.1) is 6.58 Å². The van der Waals surface area contributed by atoms with E-state index in [4.69, 9.17) is 0 Å². The molecule has 8 nitrogen and oxygen atoms in total. The first-order valence-corrected chi connectivity index (χ1v) is 9.37. The number of nitrogens with one attached hydrogen (secondary N) is 2. The van der Waals surface area contributed by atoms with Crippen LogP contribution < -0.4 is 10.6 Å². The first-order valence-electron chi connectivity index (χ1n) is 5.94. The van der Waals surface area contributed by atoms with E-state index in [1.165, 1.54) is 6.08 Å². The summed E-state index contributed by atoms with van der Waals surface area (Å²) in [7, 11) is -7.37. The molecule has 0 aromatic heterocycles. The minimum atomic E-state index is -3.69. The van der Waals surface area contributed by atoms with Crippen LogP contribution in [0.3, 0.4) is 0 Å². The molecule has 1 atom stereocenters. The number of sulfone groups is 2. The lowest BCUT2D eigenvalue weighted by atomic mass is 10.3. The SMILES string of the molecule is C=CC(CNC(=O)CS(=O)(=O)C=C)NC(=O)CS(=O)(=O)C=C. The third-order valence-electron chi connectivity index (χ3n) is 2.32. The zero-order valence-electron chi connectivity index (χ0n) is 11.8. The Labute approximate surface area is 129 Å². The smallest absolute Gasteiger partial charge is 0.236 e. The van der Waals surface area contributed by atoms with Crippen molar-refractivity contribution in [2.75, 3.05) is 18.1 Å². The highest BCUT2D eigenvalue weighted by Gasteiger charge is 2.17. The number of rotatable bonds is 10. The lowest BCUT2D eigenvalue weighted by Gasteiger charge is -2.15. The van der Waals surface area contributed by atoms with Crippen LogP contribution in [0.1, 0.15) is 0 Å². The topological polar surface area (TPSA) is 126 Å². The summed E-state index contributed by atoms with van der Waals surface area (Å²) < 4.78 is 44.7. The second-order valence-corrected chi connectivity index (χ2v) is 8.06. The van der Waals surface area contributed by atoms with Gasteiger partial charge in [-0.25, -0.2) is 16.8 Å². The molecule has 0 radical (unpaired) electrons. The van der Waals surface area contributed by atoms with E-state index in [9.17, 15) is 26.4 Å². The third-order valence-corrected chi connectivity index (χ3v) is 4.67. The van der Waals surface area contributed by atoms with Crippen LogP contribution in [0.2, 0.25) is 0 Å². The van der Waals surface area contributed by atoms with Crippen LogP contribution >= 0.6 is 0 Å². The Kier molecular flexibility index (Phi) is 7.74. The summed E-state index contributed by atoms with van der Waals surface area (Å²) in [6.45, 7) is 9.45. The van der Waals surface area contributed by atoms with Crippen molar-refractivity contribution >= 4 is 31.5 Å². The van der Waals surface area contributed by atoms with Gasteiger partial charge in [-0.2, -0.15) is 0 Å². The molecule has 124 valence electrons. The standard InChI is InChI=1S/C12H18N2O6S2/c1-4-10(14-12(16)9-22(19,20)6-3)7-13-11(15)8-21(17,18)5-2/h4-6,10H,1-3,7-9H2,(H,13,15)(H,14,16). The molecule has 0 fully saturated rings. The Morgan fingerprint density at radius 2 is 1.36 bits per heavy atom. The highest BCUT2D eigenvalue weighted by molar-refractivity contribution is 7.95. The maximum atomic E-state index is 11.5. The molecule has 0 rings (SSSR count). The lowest BCUT2D eigenvalue weighted by Crippen LogP contribution is -2.45. The van der Waals surface area contributed by atoms with Crippen molar-refractivity contribution in [2.24, 2.45) is 0 Å².